The molecule has 1 aliphatic carbocycles. The van der Waals surface area contributed by atoms with E-state index in [0.29, 0.717) is 16.1 Å². The highest BCUT2D eigenvalue weighted by atomic mass is 79.9. The van der Waals surface area contributed by atoms with Gasteiger partial charge in [-0.05, 0) is 49.4 Å². The summed E-state index contributed by atoms with van der Waals surface area (Å²) in [5.74, 6) is -0.175. The lowest BCUT2D eigenvalue weighted by Crippen LogP contribution is -2.11. The lowest BCUT2D eigenvalue weighted by molar-refractivity contribution is 0.102. The van der Waals surface area contributed by atoms with Gasteiger partial charge in [0.25, 0.3) is 5.91 Å². The zero-order valence-electron chi connectivity index (χ0n) is 11.3. The summed E-state index contributed by atoms with van der Waals surface area (Å²) in [4.78, 5) is 13.6. The third kappa shape index (κ3) is 2.87. The molecule has 106 valence electrons. The van der Waals surface area contributed by atoms with Gasteiger partial charge >= 0.3 is 0 Å². The fraction of sp³-hybridized carbons (Fsp3) is 0.250. The number of fused-ring (bicyclic) bond motifs is 1. The standard InChI is InChI=1S/C16H13BrN2OS/c17-11-5-3-4-10(8-11)15(20)19-16-13(9-18)12-6-1-2-7-14(12)21-16/h3-5,8H,1-2,6-7H2,(H,19,20). The molecule has 0 spiro atoms. The molecule has 1 N–H and O–H groups in total. The molecule has 0 saturated carbocycles. The number of nitrogens with zero attached hydrogens (tertiary/aromatic N) is 1. The van der Waals surface area contributed by atoms with Gasteiger partial charge in [0.2, 0.25) is 0 Å². The van der Waals surface area contributed by atoms with Gasteiger partial charge in [0.15, 0.2) is 0 Å². The molecule has 0 atom stereocenters. The third-order valence-corrected chi connectivity index (χ3v) is 5.30. The van der Waals surface area contributed by atoms with Crippen molar-refractivity contribution in [1.82, 2.24) is 0 Å². The Hall–Kier alpha value is -1.64. The smallest absolute Gasteiger partial charge is 0.256 e. The van der Waals surface area contributed by atoms with E-state index in [2.05, 4.69) is 27.3 Å². The highest BCUT2D eigenvalue weighted by molar-refractivity contribution is 9.10. The van der Waals surface area contributed by atoms with E-state index in [9.17, 15) is 10.1 Å². The largest absolute Gasteiger partial charge is 0.312 e. The third-order valence-electron chi connectivity index (χ3n) is 3.60. The minimum atomic E-state index is -0.175. The van der Waals surface area contributed by atoms with Crippen LogP contribution in [0.3, 0.4) is 0 Å². The number of rotatable bonds is 2. The molecule has 3 nitrogen and oxygen atoms in total. The normalized spacial score (nSPS) is 13.3. The average Bonchev–Trinajstić information content (AvgIpc) is 2.84. The van der Waals surface area contributed by atoms with Crippen LogP contribution < -0.4 is 5.32 Å². The number of nitriles is 1. The van der Waals surface area contributed by atoms with Gasteiger partial charge in [0.05, 0.1) is 5.56 Å². The lowest BCUT2D eigenvalue weighted by Gasteiger charge is -2.09. The maximum absolute atomic E-state index is 12.3. The van der Waals surface area contributed by atoms with E-state index in [1.807, 2.05) is 12.1 Å². The Morgan fingerprint density at radius 2 is 2.14 bits per heavy atom. The van der Waals surface area contributed by atoms with E-state index >= 15 is 0 Å². The monoisotopic (exact) mass is 360 g/mol. The van der Waals surface area contributed by atoms with Gasteiger partial charge in [0.1, 0.15) is 11.1 Å². The van der Waals surface area contributed by atoms with E-state index in [-0.39, 0.29) is 5.91 Å². The number of halogens is 1. The van der Waals surface area contributed by atoms with Crippen molar-refractivity contribution in [1.29, 1.82) is 5.26 Å². The van der Waals surface area contributed by atoms with Crippen LogP contribution in [-0.4, -0.2) is 5.91 Å². The molecule has 3 rings (SSSR count). The topological polar surface area (TPSA) is 52.9 Å². The van der Waals surface area contributed by atoms with Crippen molar-refractivity contribution in [3.8, 4) is 6.07 Å². The molecule has 1 aromatic carbocycles. The van der Waals surface area contributed by atoms with Crippen molar-refractivity contribution < 1.29 is 4.79 Å². The summed E-state index contributed by atoms with van der Waals surface area (Å²) in [5, 5.41) is 13.0. The van der Waals surface area contributed by atoms with E-state index in [0.717, 1.165) is 35.7 Å². The number of amides is 1. The van der Waals surface area contributed by atoms with E-state index in [1.165, 1.54) is 4.88 Å². The minimum absolute atomic E-state index is 0.175. The molecule has 0 fully saturated rings. The molecule has 2 aromatic rings. The molecule has 21 heavy (non-hydrogen) atoms. The molecule has 5 heteroatoms. The Kier molecular flexibility index (Phi) is 4.09. The summed E-state index contributed by atoms with van der Waals surface area (Å²) in [7, 11) is 0. The van der Waals surface area contributed by atoms with E-state index < -0.39 is 0 Å². The first-order valence-corrected chi connectivity index (χ1v) is 8.41. The Balaban J connectivity index is 1.90. The Morgan fingerprint density at radius 3 is 2.90 bits per heavy atom. The van der Waals surface area contributed by atoms with Gasteiger partial charge in [-0.15, -0.1) is 11.3 Å². The zero-order chi connectivity index (χ0) is 14.8. The maximum Gasteiger partial charge on any atom is 0.256 e. The number of benzene rings is 1. The SMILES string of the molecule is N#Cc1c(NC(=O)c2cccc(Br)c2)sc2c1CCCC2. The molecular formula is C16H13BrN2OS. The summed E-state index contributed by atoms with van der Waals surface area (Å²) in [6.07, 6.45) is 4.25. The molecule has 0 bridgehead atoms. The zero-order valence-corrected chi connectivity index (χ0v) is 13.7. The second-order valence-electron chi connectivity index (χ2n) is 4.99. The summed E-state index contributed by atoms with van der Waals surface area (Å²) in [6, 6.07) is 9.49. The fourth-order valence-corrected chi connectivity index (χ4v) is 4.21. The quantitative estimate of drug-likeness (QED) is 0.856. The average molecular weight is 361 g/mol. The molecule has 0 saturated heterocycles. The van der Waals surface area contributed by atoms with Crippen LogP contribution in [0.15, 0.2) is 28.7 Å². The highest BCUT2D eigenvalue weighted by Crippen LogP contribution is 2.37. The van der Waals surface area contributed by atoms with Gasteiger partial charge in [-0.2, -0.15) is 5.26 Å². The van der Waals surface area contributed by atoms with Crippen LogP contribution in [-0.2, 0) is 12.8 Å². The Bertz CT molecular complexity index is 745. The predicted molar refractivity (Wildman–Crippen MR) is 87.8 cm³/mol. The van der Waals surface area contributed by atoms with Crippen molar-refractivity contribution in [3.63, 3.8) is 0 Å². The number of thiophene rings is 1. The van der Waals surface area contributed by atoms with Gasteiger partial charge in [0, 0.05) is 14.9 Å². The minimum Gasteiger partial charge on any atom is -0.312 e. The van der Waals surface area contributed by atoms with Crippen molar-refractivity contribution in [2.45, 2.75) is 25.7 Å². The number of carbonyl (C=O) groups is 1. The second kappa shape index (κ2) is 6.00. The van der Waals surface area contributed by atoms with Crippen LogP contribution in [0.25, 0.3) is 0 Å². The van der Waals surface area contributed by atoms with E-state index in [4.69, 9.17) is 0 Å². The molecular weight excluding hydrogens is 348 g/mol. The molecule has 0 radical (unpaired) electrons. The number of anilines is 1. The summed E-state index contributed by atoms with van der Waals surface area (Å²) in [6.45, 7) is 0. The fourth-order valence-electron chi connectivity index (χ4n) is 2.58. The van der Waals surface area contributed by atoms with Crippen molar-refractivity contribution in [3.05, 3.63) is 50.3 Å². The number of nitrogens with one attached hydrogen (secondary N) is 1. The molecule has 1 heterocycles. The predicted octanol–water partition coefficient (Wildman–Crippen LogP) is 4.51. The second-order valence-corrected chi connectivity index (χ2v) is 7.01. The van der Waals surface area contributed by atoms with Gasteiger partial charge in [-0.3, -0.25) is 4.79 Å². The molecule has 0 unspecified atom stereocenters. The van der Waals surface area contributed by atoms with Crippen molar-refractivity contribution in [2.24, 2.45) is 0 Å². The van der Waals surface area contributed by atoms with Crippen molar-refractivity contribution >= 4 is 38.2 Å². The van der Waals surface area contributed by atoms with Crippen LogP contribution in [0.2, 0.25) is 0 Å². The number of carbonyl (C=O) groups excluding carboxylic acids is 1. The number of hydrogen-bond acceptors (Lipinski definition) is 3. The van der Waals surface area contributed by atoms with Crippen LogP contribution in [0, 0.1) is 11.3 Å². The number of hydrogen-bond donors (Lipinski definition) is 1. The maximum atomic E-state index is 12.3. The Morgan fingerprint density at radius 1 is 1.33 bits per heavy atom. The first-order valence-electron chi connectivity index (χ1n) is 6.80. The molecule has 1 amide bonds. The highest BCUT2D eigenvalue weighted by Gasteiger charge is 2.22. The van der Waals surface area contributed by atoms with Crippen LogP contribution in [0.4, 0.5) is 5.00 Å². The van der Waals surface area contributed by atoms with Gasteiger partial charge < -0.3 is 5.32 Å². The first kappa shape index (κ1) is 14.3. The van der Waals surface area contributed by atoms with Crippen LogP contribution >= 0.6 is 27.3 Å². The summed E-state index contributed by atoms with van der Waals surface area (Å²) in [5.41, 5.74) is 2.37. The van der Waals surface area contributed by atoms with Gasteiger partial charge in [-0.25, -0.2) is 0 Å². The summed E-state index contributed by atoms with van der Waals surface area (Å²) >= 11 is 4.91. The molecule has 1 aliphatic rings. The first-order chi connectivity index (χ1) is 10.2. The van der Waals surface area contributed by atoms with E-state index in [1.54, 1.807) is 23.5 Å². The van der Waals surface area contributed by atoms with Crippen LogP contribution in [0.1, 0.15) is 39.2 Å². The molecule has 0 aliphatic heterocycles. The number of aryl methyl sites for hydroxylation is 1. The summed E-state index contributed by atoms with van der Waals surface area (Å²) < 4.78 is 0.862. The van der Waals surface area contributed by atoms with Crippen LogP contribution in [0.5, 0.6) is 0 Å². The van der Waals surface area contributed by atoms with Gasteiger partial charge in [-0.1, -0.05) is 22.0 Å². The lowest BCUT2D eigenvalue weighted by atomic mass is 9.96. The Labute approximate surface area is 135 Å². The van der Waals surface area contributed by atoms with Crippen molar-refractivity contribution in [2.75, 3.05) is 5.32 Å². The molecule has 1 aromatic heterocycles.